The van der Waals surface area contributed by atoms with Gasteiger partial charge < -0.3 is 30.9 Å². The molecule has 5 N–H and O–H groups in total. The third-order valence-electron chi connectivity index (χ3n) is 5.93. The number of likely N-dealkylation sites (N-methyl/N-ethyl adjacent to an activating group) is 2. The van der Waals surface area contributed by atoms with E-state index in [1.807, 2.05) is 57.5 Å². The largest absolute Gasteiger partial charge is 0.494 e. The lowest BCUT2D eigenvalue weighted by molar-refractivity contribution is 0.413. The Hall–Kier alpha value is -3.85. The van der Waals surface area contributed by atoms with Crippen LogP contribution in [-0.2, 0) is 0 Å². The number of anilines is 5. The van der Waals surface area contributed by atoms with Crippen LogP contribution in [0, 0.1) is 5.41 Å². The van der Waals surface area contributed by atoms with Crippen LogP contribution in [-0.4, -0.2) is 68.0 Å². The summed E-state index contributed by atoms with van der Waals surface area (Å²) in [5, 5.41) is 15.5. The number of hydrogen-bond donors (Lipinski definition) is 4. The zero-order valence-electron chi connectivity index (χ0n) is 20.8. The second-order valence-corrected chi connectivity index (χ2v) is 9.07. The van der Waals surface area contributed by atoms with Crippen LogP contribution < -0.4 is 26.0 Å². The molecule has 1 fully saturated rings. The highest BCUT2D eigenvalue weighted by Gasteiger charge is 2.23. The summed E-state index contributed by atoms with van der Waals surface area (Å²) >= 11 is 0. The van der Waals surface area contributed by atoms with Crippen molar-refractivity contribution >= 4 is 34.4 Å². The van der Waals surface area contributed by atoms with Crippen LogP contribution >= 0.6 is 0 Å². The minimum absolute atomic E-state index is 0.337. The van der Waals surface area contributed by atoms with Gasteiger partial charge >= 0.3 is 0 Å². The van der Waals surface area contributed by atoms with Gasteiger partial charge in [0.1, 0.15) is 5.75 Å². The number of methoxy groups -OCH3 is 1. The van der Waals surface area contributed by atoms with Gasteiger partial charge in [-0.1, -0.05) is 18.2 Å². The average Bonchev–Trinajstić information content (AvgIpc) is 3.67. The van der Waals surface area contributed by atoms with Gasteiger partial charge in [-0.3, -0.25) is 5.41 Å². The monoisotopic (exact) mass is 474 g/mol. The Morgan fingerprint density at radius 2 is 1.89 bits per heavy atom. The van der Waals surface area contributed by atoms with Gasteiger partial charge in [0.25, 0.3) is 0 Å². The van der Waals surface area contributed by atoms with Crippen LogP contribution in [0.25, 0.3) is 0 Å². The Kier molecular flexibility index (Phi) is 7.36. The highest BCUT2D eigenvalue weighted by atomic mass is 16.5. The first kappa shape index (κ1) is 24.3. The van der Waals surface area contributed by atoms with Crippen LogP contribution in [0.5, 0.6) is 5.75 Å². The summed E-state index contributed by atoms with van der Waals surface area (Å²) in [6.07, 6.45) is 3.98. The number of rotatable bonds is 11. The Morgan fingerprint density at radius 3 is 2.60 bits per heavy atom. The lowest BCUT2D eigenvalue weighted by atomic mass is 10.0. The summed E-state index contributed by atoms with van der Waals surface area (Å²) in [4.78, 5) is 13.2. The summed E-state index contributed by atoms with van der Waals surface area (Å²) in [5.74, 6) is 1.00. The molecule has 4 rings (SSSR count). The second kappa shape index (κ2) is 10.6. The van der Waals surface area contributed by atoms with E-state index in [1.165, 1.54) is 12.8 Å². The summed E-state index contributed by atoms with van der Waals surface area (Å²) in [5.41, 5.74) is 11.2. The third-order valence-corrected chi connectivity index (χ3v) is 5.93. The van der Waals surface area contributed by atoms with Crippen molar-refractivity contribution in [2.45, 2.75) is 18.9 Å². The van der Waals surface area contributed by atoms with Gasteiger partial charge in [-0.15, -0.1) is 0 Å². The molecule has 1 saturated carbocycles. The normalized spacial score (nSPS) is 12.9. The number of nitrogens with one attached hydrogen (secondary N) is 3. The standard InChI is InChI=1S/C26H34N8O/c1-33(2)13-14-34(3)23-16-24(35-4)22(15-19(23)27)32-26-29-12-11-21(31-26)25(28)18-7-5-6-8-20(18)30-17-9-10-17/h5-8,11-12,15-17,28,30H,9-10,13-14,27H2,1-4H3,(H,29,31,32). The maximum Gasteiger partial charge on any atom is 0.227 e. The molecule has 9 heteroatoms. The molecule has 0 bridgehead atoms. The lowest BCUT2D eigenvalue weighted by Crippen LogP contribution is -2.29. The van der Waals surface area contributed by atoms with Crippen LogP contribution in [0.2, 0.25) is 0 Å². The van der Waals surface area contributed by atoms with Crippen LogP contribution in [0.4, 0.5) is 28.7 Å². The number of ether oxygens (including phenoxy) is 1. The van der Waals surface area contributed by atoms with E-state index < -0.39 is 0 Å². The highest BCUT2D eigenvalue weighted by molar-refractivity contribution is 6.13. The van der Waals surface area contributed by atoms with E-state index in [1.54, 1.807) is 19.4 Å². The van der Waals surface area contributed by atoms with Crippen molar-refractivity contribution < 1.29 is 4.74 Å². The maximum absolute atomic E-state index is 8.80. The van der Waals surface area contributed by atoms with E-state index in [4.69, 9.17) is 15.9 Å². The number of nitrogens with two attached hydrogens (primary N) is 1. The summed E-state index contributed by atoms with van der Waals surface area (Å²) < 4.78 is 5.63. The number of nitrogen functional groups attached to an aromatic ring is 1. The lowest BCUT2D eigenvalue weighted by Gasteiger charge is -2.24. The predicted octanol–water partition coefficient (Wildman–Crippen LogP) is 3.80. The highest BCUT2D eigenvalue weighted by Crippen LogP contribution is 2.36. The molecule has 0 radical (unpaired) electrons. The van der Waals surface area contributed by atoms with Gasteiger partial charge in [-0.05, 0) is 45.1 Å². The van der Waals surface area contributed by atoms with Crippen LogP contribution in [0.1, 0.15) is 24.1 Å². The van der Waals surface area contributed by atoms with E-state index in [9.17, 15) is 0 Å². The number of aromatic nitrogens is 2. The molecule has 0 aliphatic heterocycles. The molecular formula is C26H34N8O. The molecule has 3 aromatic rings. The van der Waals surface area contributed by atoms with E-state index in [0.717, 1.165) is 30.0 Å². The Morgan fingerprint density at radius 1 is 1.11 bits per heavy atom. The molecule has 35 heavy (non-hydrogen) atoms. The molecule has 0 unspecified atom stereocenters. The van der Waals surface area contributed by atoms with Gasteiger partial charge in [-0.25, -0.2) is 9.97 Å². The van der Waals surface area contributed by atoms with E-state index in [2.05, 4.69) is 30.4 Å². The first-order valence-corrected chi connectivity index (χ1v) is 11.7. The average molecular weight is 475 g/mol. The summed E-state index contributed by atoms with van der Waals surface area (Å²) in [7, 11) is 7.72. The number of nitrogens with zero attached hydrogens (tertiary/aromatic N) is 4. The SMILES string of the molecule is COc1cc(N(C)CCN(C)C)c(N)cc1Nc1nccc(C(=N)c2ccccc2NC2CC2)n1. The van der Waals surface area contributed by atoms with Crippen molar-refractivity contribution in [2.75, 3.05) is 62.6 Å². The molecule has 1 aliphatic carbocycles. The topological polar surface area (TPSA) is 115 Å². The van der Waals surface area contributed by atoms with Crippen molar-refractivity contribution in [3.8, 4) is 5.75 Å². The molecule has 0 spiro atoms. The molecule has 0 amide bonds. The molecule has 0 saturated heterocycles. The molecule has 1 aromatic heterocycles. The van der Waals surface area contributed by atoms with Gasteiger partial charge in [0.05, 0.1) is 35.6 Å². The molecule has 1 aliphatic rings. The van der Waals surface area contributed by atoms with Crippen molar-refractivity contribution in [3.63, 3.8) is 0 Å². The molecule has 2 aromatic carbocycles. The minimum atomic E-state index is 0.337. The molecule has 1 heterocycles. The fraction of sp³-hybridized carbons (Fsp3) is 0.346. The van der Waals surface area contributed by atoms with Crippen LogP contribution in [0.15, 0.2) is 48.7 Å². The van der Waals surface area contributed by atoms with Gasteiger partial charge in [0.15, 0.2) is 0 Å². The quantitative estimate of drug-likeness (QED) is 0.245. The first-order chi connectivity index (χ1) is 16.9. The third kappa shape index (κ3) is 5.99. The summed E-state index contributed by atoms with van der Waals surface area (Å²) in [6, 6.07) is 13.9. The van der Waals surface area contributed by atoms with Gasteiger partial charge in [0, 0.05) is 49.7 Å². The fourth-order valence-corrected chi connectivity index (χ4v) is 3.74. The molecule has 9 nitrogen and oxygen atoms in total. The van der Waals surface area contributed by atoms with E-state index in [-0.39, 0.29) is 0 Å². The number of para-hydroxylation sites is 1. The van der Waals surface area contributed by atoms with Crippen molar-refractivity contribution in [2.24, 2.45) is 0 Å². The van der Waals surface area contributed by atoms with E-state index in [0.29, 0.717) is 40.5 Å². The van der Waals surface area contributed by atoms with Gasteiger partial charge in [0.2, 0.25) is 5.95 Å². The Bertz CT molecular complexity index is 1190. The zero-order valence-corrected chi connectivity index (χ0v) is 20.8. The Labute approximate surface area is 206 Å². The molecule has 184 valence electrons. The maximum atomic E-state index is 8.80. The van der Waals surface area contributed by atoms with Gasteiger partial charge in [-0.2, -0.15) is 0 Å². The molecular weight excluding hydrogens is 440 g/mol. The molecule has 0 atom stereocenters. The van der Waals surface area contributed by atoms with Crippen molar-refractivity contribution in [1.82, 2.24) is 14.9 Å². The smallest absolute Gasteiger partial charge is 0.227 e. The number of benzene rings is 2. The van der Waals surface area contributed by atoms with Crippen molar-refractivity contribution in [3.05, 3.63) is 59.9 Å². The predicted molar refractivity (Wildman–Crippen MR) is 144 cm³/mol. The van der Waals surface area contributed by atoms with Crippen LogP contribution in [0.3, 0.4) is 0 Å². The summed E-state index contributed by atoms with van der Waals surface area (Å²) in [6.45, 7) is 1.74. The van der Waals surface area contributed by atoms with E-state index >= 15 is 0 Å². The zero-order chi connectivity index (χ0) is 24.9. The number of hydrogen-bond acceptors (Lipinski definition) is 9. The Balaban J connectivity index is 1.56. The second-order valence-electron chi connectivity index (χ2n) is 9.07. The fourth-order valence-electron chi connectivity index (χ4n) is 3.74. The van der Waals surface area contributed by atoms with Crippen molar-refractivity contribution in [1.29, 1.82) is 5.41 Å². The first-order valence-electron chi connectivity index (χ1n) is 11.7. The minimum Gasteiger partial charge on any atom is -0.494 e.